The first-order valence-electron chi connectivity index (χ1n) is 5.88. The van der Waals surface area contributed by atoms with Crippen LogP contribution in [0.3, 0.4) is 0 Å². The maximum absolute atomic E-state index is 6.14. The summed E-state index contributed by atoms with van der Waals surface area (Å²) in [5.41, 5.74) is 5.88. The van der Waals surface area contributed by atoms with Crippen LogP contribution in [-0.4, -0.2) is 24.0 Å². The van der Waals surface area contributed by atoms with Gasteiger partial charge in [-0.3, -0.25) is 4.90 Å². The summed E-state index contributed by atoms with van der Waals surface area (Å²) in [4.78, 5) is 3.76. The number of thiophene rings is 1. The van der Waals surface area contributed by atoms with Gasteiger partial charge in [-0.2, -0.15) is 0 Å². The number of hydrogen-bond acceptors (Lipinski definition) is 3. The second kappa shape index (κ2) is 5.50. The topological polar surface area (TPSA) is 29.3 Å². The molecule has 1 saturated heterocycles. The highest BCUT2D eigenvalue weighted by atomic mass is 35.5. The SMILES string of the molecule is CC1CCCN(Cc2sccc2Cl)C1CN. The summed E-state index contributed by atoms with van der Waals surface area (Å²) >= 11 is 7.88. The Bertz CT molecular complexity index is 340. The fourth-order valence-corrected chi connectivity index (χ4v) is 3.65. The van der Waals surface area contributed by atoms with Crippen LogP contribution in [0.15, 0.2) is 11.4 Å². The Morgan fingerprint density at radius 2 is 2.44 bits per heavy atom. The highest BCUT2D eigenvalue weighted by molar-refractivity contribution is 7.10. The number of nitrogens with two attached hydrogens (primary N) is 1. The van der Waals surface area contributed by atoms with Gasteiger partial charge in [0, 0.05) is 24.0 Å². The molecular formula is C12H19ClN2S. The van der Waals surface area contributed by atoms with E-state index >= 15 is 0 Å². The van der Waals surface area contributed by atoms with E-state index in [0.717, 1.165) is 24.7 Å². The molecule has 0 radical (unpaired) electrons. The van der Waals surface area contributed by atoms with Gasteiger partial charge in [-0.25, -0.2) is 0 Å². The predicted molar refractivity (Wildman–Crippen MR) is 71.0 cm³/mol. The molecule has 4 heteroatoms. The van der Waals surface area contributed by atoms with Gasteiger partial charge in [0.05, 0.1) is 5.02 Å². The molecule has 16 heavy (non-hydrogen) atoms. The van der Waals surface area contributed by atoms with Crippen molar-refractivity contribution in [3.8, 4) is 0 Å². The second-order valence-electron chi connectivity index (χ2n) is 4.58. The predicted octanol–water partition coefficient (Wildman–Crippen LogP) is 2.96. The minimum Gasteiger partial charge on any atom is -0.329 e. The largest absolute Gasteiger partial charge is 0.329 e. The van der Waals surface area contributed by atoms with E-state index in [1.807, 2.05) is 6.07 Å². The van der Waals surface area contributed by atoms with E-state index in [0.29, 0.717) is 12.0 Å². The van der Waals surface area contributed by atoms with Crippen molar-refractivity contribution in [3.05, 3.63) is 21.3 Å². The summed E-state index contributed by atoms with van der Waals surface area (Å²) in [7, 11) is 0. The molecule has 2 heterocycles. The molecule has 2 rings (SSSR count). The monoisotopic (exact) mass is 258 g/mol. The lowest BCUT2D eigenvalue weighted by Gasteiger charge is -2.39. The number of halogens is 1. The minimum absolute atomic E-state index is 0.520. The van der Waals surface area contributed by atoms with Crippen molar-refractivity contribution in [3.63, 3.8) is 0 Å². The molecule has 0 amide bonds. The van der Waals surface area contributed by atoms with Gasteiger partial charge >= 0.3 is 0 Å². The summed E-state index contributed by atoms with van der Waals surface area (Å²) in [5, 5.41) is 2.96. The van der Waals surface area contributed by atoms with Crippen molar-refractivity contribution in [2.24, 2.45) is 11.7 Å². The molecule has 2 nitrogen and oxygen atoms in total. The van der Waals surface area contributed by atoms with Crippen molar-refractivity contribution in [1.82, 2.24) is 4.90 Å². The van der Waals surface area contributed by atoms with Crippen LogP contribution in [0, 0.1) is 5.92 Å². The highest BCUT2D eigenvalue weighted by Crippen LogP contribution is 2.28. The van der Waals surface area contributed by atoms with Crippen LogP contribution in [0.4, 0.5) is 0 Å². The second-order valence-corrected chi connectivity index (χ2v) is 5.99. The third-order valence-corrected chi connectivity index (χ3v) is 4.88. The molecule has 2 N–H and O–H groups in total. The van der Waals surface area contributed by atoms with Crippen molar-refractivity contribution in [1.29, 1.82) is 0 Å². The van der Waals surface area contributed by atoms with Crippen LogP contribution < -0.4 is 5.73 Å². The Morgan fingerprint density at radius 3 is 3.06 bits per heavy atom. The third kappa shape index (κ3) is 2.59. The summed E-state index contributed by atoms with van der Waals surface area (Å²) < 4.78 is 0. The molecular weight excluding hydrogens is 240 g/mol. The molecule has 0 saturated carbocycles. The number of rotatable bonds is 3. The smallest absolute Gasteiger partial charge is 0.0558 e. The Kier molecular flexibility index (Phi) is 4.25. The Labute approximate surface area is 106 Å². The first-order valence-corrected chi connectivity index (χ1v) is 7.14. The van der Waals surface area contributed by atoms with Crippen LogP contribution >= 0.6 is 22.9 Å². The Balaban J connectivity index is 2.05. The first kappa shape index (κ1) is 12.4. The van der Waals surface area contributed by atoms with Crippen LogP contribution in [-0.2, 0) is 6.54 Å². The van der Waals surface area contributed by atoms with Gasteiger partial charge in [-0.15, -0.1) is 11.3 Å². The number of likely N-dealkylation sites (tertiary alicyclic amines) is 1. The molecule has 90 valence electrons. The average Bonchev–Trinajstić information content (AvgIpc) is 2.65. The van der Waals surface area contributed by atoms with E-state index in [1.165, 1.54) is 17.7 Å². The zero-order chi connectivity index (χ0) is 11.5. The summed E-state index contributed by atoms with van der Waals surface area (Å²) in [6.07, 6.45) is 2.58. The van der Waals surface area contributed by atoms with Gasteiger partial charge in [-0.1, -0.05) is 18.5 Å². The number of piperidine rings is 1. The first-order chi connectivity index (χ1) is 7.72. The lowest BCUT2D eigenvalue weighted by atomic mass is 9.91. The molecule has 0 spiro atoms. The van der Waals surface area contributed by atoms with E-state index in [-0.39, 0.29) is 0 Å². The maximum Gasteiger partial charge on any atom is 0.0558 e. The summed E-state index contributed by atoms with van der Waals surface area (Å²) in [6, 6.07) is 2.50. The number of nitrogens with zero attached hydrogens (tertiary/aromatic N) is 1. The fraction of sp³-hybridized carbons (Fsp3) is 0.667. The third-order valence-electron chi connectivity index (χ3n) is 3.51. The average molecular weight is 259 g/mol. The molecule has 2 unspecified atom stereocenters. The van der Waals surface area contributed by atoms with Crippen molar-refractivity contribution in [2.75, 3.05) is 13.1 Å². The summed E-state index contributed by atoms with van der Waals surface area (Å²) in [5.74, 6) is 0.706. The minimum atomic E-state index is 0.520. The van der Waals surface area contributed by atoms with E-state index in [4.69, 9.17) is 17.3 Å². The molecule has 1 aromatic rings. The van der Waals surface area contributed by atoms with Gasteiger partial charge in [0.1, 0.15) is 0 Å². The molecule has 0 aromatic carbocycles. The van der Waals surface area contributed by atoms with Gasteiger partial charge in [0.15, 0.2) is 0 Å². The van der Waals surface area contributed by atoms with Gasteiger partial charge in [0.25, 0.3) is 0 Å². The molecule has 0 bridgehead atoms. The Hall–Kier alpha value is -0.0900. The van der Waals surface area contributed by atoms with Crippen molar-refractivity contribution < 1.29 is 0 Å². The van der Waals surface area contributed by atoms with Crippen LogP contribution in [0.2, 0.25) is 5.02 Å². The van der Waals surface area contributed by atoms with Crippen LogP contribution in [0.1, 0.15) is 24.6 Å². The van der Waals surface area contributed by atoms with Crippen molar-refractivity contribution in [2.45, 2.75) is 32.4 Å². The van der Waals surface area contributed by atoms with Gasteiger partial charge < -0.3 is 5.73 Å². The van der Waals surface area contributed by atoms with Gasteiger partial charge in [0.2, 0.25) is 0 Å². The molecule has 1 aromatic heterocycles. The number of hydrogen-bond donors (Lipinski definition) is 1. The molecule has 1 fully saturated rings. The van der Waals surface area contributed by atoms with E-state index in [2.05, 4.69) is 17.2 Å². The maximum atomic E-state index is 6.14. The summed E-state index contributed by atoms with van der Waals surface area (Å²) in [6.45, 7) is 5.17. The van der Waals surface area contributed by atoms with Crippen molar-refractivity contribution >= 4 is 22.9 Å². The zero-order valence-electron chi connectivity index (χ0n) is 9.66. The molecule has 2 atom stereocenters. The van der Waals surface area contributed by atoms with Gasteiger partial charge in [-0.05, 0) is 36.8 Å². The Morgan fingerprint density at radius 1 is 1.62 bits per heavy atom. The zero-order valence-corrected chi connectivity index (χ0v) is 11.2. The highest BCUT2D eigenvalue weighted by Gasteiger charge is 2.27. The fourth-order valence-electron chi connectivity index (χ4n) is 2.53. The van der Waals surface area contributed by atoms with Crippen LogP contribution in [0.25, 0.3) is 0 Å². The molecule has 1 aliphatic heterocycles. The van der Waals surface area contributed by atoms with Crippen LogP contribution in [0.5, 0.6) is 0 Å². The van der Waals surface area contributed by atoms with E-state index < -0.39 is 0 Å². The van der Waals surface area contributed by atoms with E-state index in [9.17, 15) is 0 Å². The lowest BCUT2D eigenvalue weighted by molar-refractivity contribution is 0.100. The normalized spacial score (nSPS) is 27.2. The molecule has 1 aliphatic rings. The standard InChI is InChI=1S/C12H19ClN2S/c1-9-3-2-5-15(11(9)7-14)8-12-10(13)4-6-16-12/h4,6,9,11H,2-3,5,7-8,14H2,1H3. The quantitative estimate of drug-likeness (QED) is 0.903. The molecule has 0 aliphatic carbocycles. The van der Waals surface area contributed by atoms with E-state index in [1.54, 1.807) is 11.3 Å². The lowest BCUT2D eigenvalue weighted by Crippen LogP contribution is -2.47.